The maximum absolute atomic E-state index is 11.7. The number of allylic oxidation sites excluding steroid dienone is 2. The first-order chi connectivity index (χ1) is 7.13. The fraction of sp³-hybridized carbons (Fsp3) is 0.0909. The van der Waals surface area contributed by atoms with Crippen LogP contribution in [0.25, 0.3) is 0 Å². The fourth-order valence-corrected chi connectivity index (χ4v) is 2.37. The number of ketones is 1. The standard InChI is InChI=1S/C11H8O3S/c1-2-8-10(12)7-5-6(11(13)14)3-4-9(7)15-8/h2-5H,1H3,(H,13,14). The monoisotopic (exact) mass is 220 g/mol. The Hall–Kier alpha value is -1.55. The van der Waals surface area contributed by atoms with E-state index in [1.807, 2.05) is 0 Å². The first kappa shape index (κ1) is 9.98. The Morgan fingerprint density at radius 2 is 2.20 bits per heavy atom. The number of hydrogen-bond acceptors (Lipinski definition) is 3. The van der Waals surface area contributed by atoms with Crippen molar-refractivity contribution in [1.29, 1.82) is 0 Å². The Bertz CT molecular complexity index is 489. The van der Waals surface area contributed by atoms with Crippen LogP contribution in [0.4, 0.5) is 0 Å². The van der Waals surface area contributed by atoms with Gasteiger partial charge in [0.2, 0.25) is 5.78 Å². The SMILES string of the molecule is CC=C1Sc2ccc(C(=O)O)cc2C1=O. The summed E-state index contributed by atoms with van der Waals surface area (Å²) in [6.07, 6.45) is 1.74. The average molecular weight is 220 g/mol. The number of benzene rings is 1. The van der Waals surface area contributed by atoms with Gasteiger partial charge in [-0.2, -0.15) is 0 Å². The zero-order valence-corrected chi connectivity index (χ0v) is 8.80. The zero-order valence-electron chi connectivity index (χ0n) is 7.98. The van der Waals surface area contributed by atoms with Crippen molar-refractivity contribution in [1.82, 2.24) is 0 Å². The second kappa shape index (κ2) is 3.55. The number of rotatable bonds is 1. The van der Waals surface area contributed by atoms with Crippen molar-refractivity contribution in [3.8, 4) is 0 Å². The molecule has 1 aliphatic rings. The van der Waals surface area contributed by atoms with Gasteiger partial charge in [0.05, 0.1) is 10.5 Å². The zero-order chi connectivity index (χ0) is 11.0. The molecule has 0 aliphatic carbocycles. The van der Waals surface area contributed by atoms with Crippen LogP contribution in [-0.4, -0.2) is 16.9 Å². The quantitative estimate of drug-likeness (QED) is 0.739. The fourth-order valence-electron chi connectivity index (χ4n) is 1.42. The van der Waals surface area contributed by atoms with Crippen molar-refractivity contribution in [3.05, 3.63) is 40.3 Å². The van der Waals surface area contributed by atoms with Gasteiger partial charge in [-0.3, -0.25) is 4.79 Å². The molecule has 3 nitrogen and oxygen atoms in total. The van der Waals surface area contributed by atoms with Gasteiger partial charge in [0, 0.05) is 10.5 Å². The molecule has 1 N–H and O–H groups in total. The summed E-state index contributed by atoms with van der Waals surface area (Å²) < 4.78 is 0. The highest BCUT2D eigenvalue weighted by atomic mass is 32.2. The minimum atomic E-state index is -1.01. The third-order valence-corrected chi connectivity index (χ3v) is 3.39. The highest BCUT2D eigenvalue weighted by Gasteiger charge is 2.25. The summed E-state index contributed by atoms with van der Waals surface area (Å²) in [7, 11) is 0. The summed E-state index contributed by atoms with van der Waals surface area (Å²) in [4.78, 5) is 23.9. The summed E-state index contributed by atoms with van der Waals surface area (Å²) in [6.45, 7) is 1.80. The Morgan fingerprint density at radius 1 is 1.47 bits per heavy atom. The molecule has 0 saturated heterocycles. The molecule has 0 radical (unpaired) electrons. The maximum Gasteiger partial charge on any atom is 0.335 e. The van der Waals surface area contributed by atoms with Gasteiger partial charge in [-0.15, -0.1) is 0 Å². The van der Waals surface area contributed by atoms with Crippen LogP contribution < -0.4 is 0 Å². The van der Waals surface area contributed by atoms with Crippen LogP contribution >= 0.6 is 11.8 Å². The maximum atomic E-state index is 11.7. The molecule has 0 fully saturated rings. The number of thioether (sulfide) groups is 1. The van der Waals surface area contributed by atoms with E-state index >= 15 is 0 Å². The van der Waals surface area contributed by atoms with Crippen molar-refractivity contribution >= 4 is 23.5 Å². The summed E-state index contributed by atoms with van der Waals surface area (Å²) in [5.41, 5.74) is 0.646. The van der Waals surface area contributed by atoms with Crippen LogP contribution in [0, 0.1) is 0 Å². The van der Waals surface area contributed by atoms with Gasteiger partial charge in [0.1, 0.15) is 0 Å². The molecule has 0 atom stereocenters. The topological polar surface area (TPSA) is 54.4 Å². The minimum absolute atomic E-state index is 0.0828. The number of hydrogen-bond donors (Lipinski definition) is 1. The van der Waals surface area contributed by atoms with E-state index in [4.69, 9.17) is 5.11 Å². The number of aromatic carboxylic acids is 1. The van der Waals surface area contributed by atoms with Crippen LogP contribution in [0.3, 0.4) is 0 Å². The molecule has 0 aromatic heterocycles. The molecule has 0 unspecified atom stereocenters. The number of Topliss-reactive ketones (excluding diaryl/α,β-unsaturated/α-hetero) is 1. The van der Waals surface area contributed by atoms with E-state index in [0.29, 0.717) is 10.5 Å². The number of fused-ring (bicyclic) bond motifs is 1. The normalized spacial score (nSPS) is 16.9. The molecule has 15 heavy (non-hydrogen) atoms. The lowest BCUT2D eigenvalue weighted by atomic mass is 10.1. The highest BCUT2D eigenvalue weighted by Crippen LogP contribution is 2.39. The minimum Gasteiger partial charge on any atom is -0.478 e. The van der Waals surface area contributed by atoms with Gasteiger partial charge in [-0.1, -0.05) is 17.8 Å². The van der Waals surface area contributed by atoms with E-state index in [9.17, 15) is 9.59 Å². The number of carboxylic acid groups (broad SMARTS) is 1. The first-order valence-electron chi connectivity index (χ1n) is 4.39. The number of carboxylic acids is 1. The van der Waals surface area contributed by atoms with E-state index < -0.39 is 5.97 Å². The van der Waals surface area contributed by atoms with Gasteiger partial charge < -0.3 is 5.11 Å². The molecule has 76 valence electrons. The van der Waals surface area contributed by atoms with Gasteiger partial charge >= 0.3 is 5.97 Å². The molecule has 0 spiro atoms. The summed E-state index contributed by atoms with van der Waals surface area (Å²) in [5, 5.41) is 8.79. The van der Waals surface area contributed by atoms with E-state index in [-0.39, 0.29) is 11.3 Å². The lowest BCUT2D eigenvalue weighted by molar-refractivity contribution is 0.0697. The van der Waals surface area contributed by atoms with Crippen molar-refractivity contribution in [3.63, 3.8) is 0 Å². The van der Waals surface area contributed by atoms with Crippen molar-refractivity contribution in [2.75, 3.05) is 0 Å². The largest absolute Gasteiger partial charge is 0.478 e. The molecule has 1 heterocycles. The molecule has 0 bridgehead atoms. The molecule has 1 aromatic rings. The van der Waals surface area contributed by atoms with E-state index in [1.165, 1.54) is 23.9 Å². The Kier molecular flexibility index (Phi) is 2.36. The Morgan fingerprint density at radius 3 is 2.80 bits per heavy atom. The third-order valence-electron chi connectivity index (χ3n) is 2.18. The van der Waals surface area contributed by atoms with Crippen LogP contribution in [0.5, 0.6) is 0 Å². The van der Waals surface area contributed by atoms with Crippen molar-refractivity contribution in [2.45, 2.75) is 11.8 Å². The molecule has 0 amide bonds. The molecular formula is C11H8O3S. The third kappa shape index (κ3) is 1.57. The van der Waals surface area contributed by atoms with E-state index in [1.54, 1.807) is 19.1 Å². The van der Waals surface area contributed by atoms with Crippen molar-refractivity contribution < 1.29 is 14.7 Å². The van der Waals surface area contributed by atoms with Gasteiger partial charge in [-0.05, 0) is 25.1 Å². The van der Waals surface area contributed by atoms with Crippen LogP contribution in [0.1, 0.15) is 27.6 Å². The molecule has 1 aromatic carbocycles. The Balaban J connectivity index is 2.53. The van der Waals surface area contributed by atoms with Gasteiger partial charge in [-0.25, -0.2) is 4.79 Å². The Labute approximate surface area is 90.8 Å². The van der Waals surface area contributed by atoms with Gasteiger partial charge in [0.15, 0.2) is 0 Å². The van der Waals surface area contributed by atoms with E-state index in [0.717, 1.165) is 4.90 Å². The molecule has 1 aliphatic heterocycles. The number of carbonyl (C=O) groups excluding carboxylic acids is 1. The summed E-state index contributed by atoms with van der Waals surface area (Å²) >= 11 is 1.38. The lowest BCUT2D eigenvalue weighted by Crippen LogP contribution is -2.00. The molecule has 2 rings (SSSR count). The summed E-state index contributed by atoms with van der Waals surface area (Å²) in [5.74, 6) is -1.09. The molecular weight excluding hydrogens is 212 g/mol. The highest BCUT2D eigenvalue weighted by molar-refractivity contribution is 8.04. The smallest absolute Gasteiger partial charge is 0.335 e. The predicted molar refractivity (Wildman–Crippen MR) is 57.3 cm³/mol. The van der Waals surface area contributed by atoms with Crippen LogP contribution in [0.2, 0.25) is 0 Å². The lowest BCUT2D eigenvalue weighted by Gasteiger charge is -1.97. The van der Waals surface area contributed by atoms with E-state index in [2.05, 4.69) is 0 Å². The van der Waals surface area contributed by atoms with Gasteiger partial charge in [0.25, 0.3) is 0 Å². The predicted octanol–water partition coefficient (Wildman–Crippen LogP) is 2.58. The second-order valence-corrected chi connectivity index (χ2v) is 4.18. The first-order valence-corrected chi connectivity index (χ1v) is 5.21. The summed E-state index contributed by atoms with van der Waals surface area (Å²) in [6, 6.07) is 4.63. The average Bonchev–Trinajstić information content (AvgIpc) is 2.55. The number of carbonyl (C=O) groups is 2. The molecule has 0 saturated carbocycles. The van der Waals surface area contributed by atoms with Crippen molar-refractivity contribution in [2.24, 2.45) is 0 Å². The molecule has 4 heteroatoms. The van der Waals surface area contributed by atoms with Crippen LogP contribution in [-0.2, 0) is 0 Å². The van der Waals surface area contributed by atoms with Crippen LogP contribution in [0.15, 0.2) is 34.1 Å². The second-order valence-electron chi connectivity index (χ2n) is 3.10.